The molecule has 0 radical (unpaired) electrons. The molecule has 2 fully saturated rings. The summed E-state index contributed by atoms with van der Waals surface area (Å²) in [5.74, 6) is 0.309. The molecule has 0 spiro atoms. The fraction of sp³-hybridized carbons (Fsp3) is 0.320. The molecule has 2 heterocycles. The lowest BCUT2D eigenvalue weighted by Crippen LogP contribution is -2.67. The third kappa shape index (κ3) is 4.08. The molecule has 1 amide bonds. The Balaban J connectivity index is 1.40. The van der Waals surface area contributed by atoms with Crippen LogP contribution in [0.2, 0.25) is 0 Å². The van der Waals surface area contributed by atoms with Gasteiger partial charge in [-0.05, 0) is 11.5 Å². The summed E-state index contributed by atoms with van der Waals surface area (Å²) < 4.78 is 24.3. The van der Waals surface area contributed by atoms with Crippen molar-refractivity contribution in [1.29, 1.82) is 0 Å². The Morgan fingerprint density at radius 1 is 1.00 bits per heavy atom. The van der Waals surface area contributed by atoms with E-state index in [0.29, 0.717) is 5.75 Å². The first kappa shape index (κ1) is 20.9. The van der Waals surface area contributed by atoms with E-state index in [2.05, 4.69) is 5.32 Å². The molecule has 2 aliphatic heterocycles. The molecule has 166 valence electrons. The summed E-state index contributed by atoms with van der Waals surface area (Å²) in [6, 6.07) is 22.3. The molecule has 32 heavy (non-hydrogen) atoms. The van der Waals surface area contributed by atoms with Crippen molar-refractivity contribution >= 4 is 16.7 Å². The average Bonchev–Trinajstić information content (AvgIpc) is 2.82. The molecule has 0 aliphatic carbocycles. The molecule has 5 rings (SSSR count). The number of hydrogen-bond acceptors (Lipinski definition) is 6. The number of aliphatic hydroxyl groups is 1. The second-order valence-electron chi connectivity index (χ2n) is 8.03. The molecule has 3 aromatic carbocycles. The van der Waals surface area contributed by atoms with Crippen molar-refractivity contribution in [3.63, 3.8) is 0 Å². The van der Waals surface area contributed by atoms with Crippen molar-refractivity contribution in [1.82, 2.24) is 5.32 Å². The normalized spacial score (nSPS) is 29.8. The van der Waals surface area contributed by atoms with Crippen molar-refractivity contribution in [2.24, 2.45) is 0 Å². The maximum atomic E-state index is 11.9. The Bertz CT molecular complexity index is 1080. The summed E-state index contributed by atoms with van der Waals surface area (Å²) in [6.07, 6.45) is -3.81. The summed E-state index contributed by atoms with van der Waals surface area (Å²) in [7, 11) is 0. The number of rotatable bonds is 4. The smallest absolute Gasteiger partial charge is 0.223 e. The maximum absolute atomic E-state index is 11.9. The molecule has 2 N–H and O–H groups in total. The van der Waals surface area contributed by atoms with Gasteiger partial charge in [0, 0.05) is 17.9 Å². The Morgan fingerprint density at radius 3 is 2.56 bits per heavy atom. The molecule has 0 saturated carbocycles. The van der Waals surface area contributed by atoms with E-state index in [-0.39, 0.29) is 12.5 Å². The Hall–Kier alpha value is -2.97. The van der Waals surface area contributed by atoms with Crippen LogP contribution in [0.15, 0.2) is 72.8 Å². The predicted octanol–water partition coefficient (Wildman–Crippen LogP) is 2.92. The first-order valence-electron chi connectivity index (χ1n) is 10.7. The monoisotopic (exact) mass is 435 g/mol. The number of fused-ring (bicyclic) bond motifs is 2. The molecule has 3 aromatic rings. The van der Waals surface area contributed by atoms with E-state index < -0.39 is 36.9 Å². The third-order valence-corrected chi connectivity index (χ3v) is 5.80. The van der Waals surface area contributed by atoms with Crippen LogP contribution < -0.4 is 10.1 Å². The standard InChI is InChI=1S/C25H25NO6/c1-15(27)26-21-22(28)23-20(14-29-24(32-23)17-9-3-2-4-10-17)31-25(21)30-19-13-7-11-16-8-5-6-12-18(16)19/h2-13,20-25,28H,14H2,1H3,(H,26,27)/t20-,21+,22+,23+,24-,25-/m0/s1. The number of aliphatic hydroxyl groups excluding tert-OH is 1. The quantitative estimate of drug-likeness (QED) is 0.656. The summed E-state index contributed by atoms with van der Waals surface area (Å²) >= 11 is 0. The molecule has 7 heteroatoms. The van der Waals surface area contributed by atoms with Crippen LogP contribution in [-0.2, 0) is 19.0 Å². The highest BCUT2D eigenvalue weighted by Gasteiger charge is 2.50. The molecular formula is C25H25NO6. The fourth-order valence-electron chi connectivity index (χ4n) is 4.28. The van der Waals surface area contributed by atoms with Crippen LogP contribution in [0.5, 0.6) is 5.75 Å². The van der Waals surface area contributed by atoms with Crippen LogP contribution in [0.1, 0.15) is 18.8 Å². The van der Waals surface area contributed by atoms with E-state index in [1.54, 1.807) is 0 Å². The van der Waals surface area contributed by atoms with E-state index in [4.69, 9.17) is 18.9 Å². The van der Waals surface area contributed by atoms with Gasteiger partial charge in [-0.1, -0.05) is 66.7 Å². The molecule has 7 nitrogen and oxygen atoms in total. The number of hydrogen-bond donors (Lipinski definition) is 2. The van der Waals surface area contributed by atoms with Gasteiger partial charge in [-0.15, -0.1) is 0 Å². The van der Waals surface area contributed by atoms with Gasteiger partial charge in [0.15, 0.2) is 6.29 Å². The minimum Gasteiger partial charge on any atom is -0.462 e. The highest BCUT2D eigenvalue weighted by atomic mass is 16.7. The van der Waals surface area contributed by atoms with E-state index in [9.17, 15) is 9.90 Å². The van der Waals surface area contributed by atoms with Gasteiger partial charge < -0.3 is 29.4 Å². The molecule has 2 saturated heterocycles. The third-order valence-electron chi connectivity index (χ3n) is 5.80. The van der Waals surface area contributed by atoms with Crippen LogP contribution >= 0.6 is 0 Å². The van der Waals surface area contributed by atoms with Crippen LogP contribution in [-0.4, -0.2) is 48.3 Å². The Kier molecular flexibility index (Phi) is 5.80. The molecular weight excluding hydrogens is 410 g/mol. The van der Waals surface area contributed by atoms with Crippen LogP contribution in [0.4, 0.5) is 0 Å². The first-order valence-corrected chi connectivity index (χ1v) is 10.7. The molecule has 0 unspecified atom stereocenters. The minimum absolute atomic E-state index is 0.226. The summed E-state index contributed by atoms with van der Waals surface area (Å²) in [6.45, 7) is 1.62. The highest BCUT2D eigenvalue weighted by Crippen LogP contribution is 2.36. The fourth-order valence-corrected chi connectivity index (χ4v) is 4.28. The van der Waals surface area contributed by atoms with Gasteiger partial charge in [0.05, 0.1) is 6.61 Å². The zero-order chi connectivity index (χ0) is 22.1. The van der Waals surface area contributed by atoms with Gasteiger partial charge >= 0.3 is 0 Å². The lowest BCUT2D eigenvalue weighted by Gasteiger charge is -2.47. The number of nitrogens with one attached hydrogen (secondary N) is 1. The summed E-state index contributed by atoms with van der Waals surface area (Å²) in [4.78, 5) is 11.9. The van der Waals surface area contributed by atoms with Gasteiger partial charge in [-0.3, -0.25) is 4.79 Å². The van der Waals surface area contributed by atoms with Gasteiger partial charge in [0.1, 0.15) is 30.1 Å². The molecule has 0 aromatic heterocycles. The van der Waals surface area contributed by atoms with Crippen molar-refractivity contribution in [3.05, 3.63) is 78.4 Å². The van der Waals surface area contributed by atoms with Crippen molar-refractivity contribution in [2.75, 3.05) is 6.61 Å². The maximum Gasteiger partial charge on any atom is 0.223 e. The van der Waals surface area contributed by atoms with Crippen LogP contribution in [0.25, 0.3) is 10.8 Å². The number of carbonyl (C=O) groups is 1. The van der Waals surface area contributed by atoms with Gasteiger partial charge in [0.2, 0.25) is 12.2 Å². The zero-order valence-corrected chi connectivity index (χ0v) is 17.6. The largest absolute Gasteiger partial charge is 0.462 e. The van der Waals surface area contributed by atoms with Crippen molar-refractivity contribution < 1.29 is 28.8 Å². The number of ether oxygens (including phenoxy) is 4. The van der Waals surface area contributed by atoms with E-state index in [1.165, 1.54) is 6.92 Å². The zero-order valence-electron chi connectivity index (χ0n) is 17.6. The molecule has 0 bridgehead atoms. The lowest BCUT2D eigenvalue weighted by atomic mass is 9.95. The predicted molar refractivity (Wildman–Crippen MR) is 117 cm³/mol. The van der Waals surface area contributed by atoms with Gasteiger partial charge in [-0.2, -0.15) is 0 Å². The first-order chi connectivity index (χ1) is 15.6. The van der Waals surface area contributed by atoms with E-state index in [1.807, 2.05) is 72.8 Å². The topological polar surface area (TPSA) is 86.3 Å². The van der Waals surface area contributed by atoms with E-state index >= 15 is 0 Å². The summed E-state index contributed by atoms with van der Waals surface area (Å²) in [5, 5.41) is 15.9. The second kappa shape index (κ2) is 8.88. The van der Waals surface area contributed by atoms with Gasteiger partial charge in [0.25, 0.3) is 0 Å². The number of carbonyl (C=O) groups excluding carboxylic acids is 1. The molecule has 6 atom stereocenters. The molecule has 2 aliphatic rings. The van der Waals surface area contributed by atoms with Crippen molar-refractivity contribution in [2.45, 2.75) is 43.9 Å². The van der Waals surface area contributed by atoms with Crippen molar-refractivity contribution in [3.8, 4) is 5.75 Å². The van der Waals surface area contributed by atoms with Crippen LogP contribution in [0, 0.1) is 0 Å². The SMILES string of the molecule is CC(=O)N[C@H]1[C@@H](Oc2cccc3ccccc23)O[C@H]2CO[C@H](c3ccccc3)O[C@H]2[C@@H]1O. The second-order valence-corrected chi connectivity index (χ2v) is 8.03. The highest BCUT2D eigenvalue weighted by molar-refractivity contribution is 5.88. The number of benzene rings is 3. The van der Waals surface area contributed by atoms with Crippen LogP contribution in [0.3, 0.4) is 0 Å². The van der Waals surface area contributed by atoms with E-state index in [0.717, 1.165) is 16.3 Å². The average molecular weight is 435 g/mol. The number of amides is 1. The Labute approximate surface area is 185 Å². The lowest BCUT2D eigenvalue weighted by molar-refractivity contribution is -0.333. The van der Waals surface area contributed by atoms with Gasteiger partial charge in [-0.25, -0.2) is 0 Å². The minimum atomic E-state index is -1.05. The summed E-state index contributed by atoms with van der Waals surface area (Å²) in [5.41, 5.74) is 0.850. The Morgan fingerprint density at radius 2 is 1.75 bits per heavy atom.